The van der Waals surface area contributed by atoms with E-state index in [0.717, 1.165) is 5.56 Å². The highest BCUT2D eigenvalue weighted by atomic mass is 16.6. The maximum absolute atomic E-state index is 11.0. The van der Waals surface area contributed by atoms with E-state index in [4.69, 9.17) is 0 Å². The van der Waals surface area contributed by atoms with Gasteiger partial charge < -0.3 is 5.32 Å². The minimum absolute atomic E-state index is 0.167. The highest BCUT2D eigenvalue weighted by molar-refractivity contribution is 5.67. The molecule has 0 aliphatic carbocycles. The van der Waals surface area contributed by atoms with Crippen LogP contribution < -0.4 is 5.32 Å². The number of hydrogen-bond donors (Lipinski definition) is 1. The molecule has 1 rings (SSSR count). The van der Waals surface area contributed by atoms with Gasteiger partial charge in [0.1, 0.15) is 5.69 Å². The first-order valence-corrected chi connectivity index (χ1v) is 5.24. The average Bonchev–Trinajstić information content (AvgIpc) is 1.96. The Labute approximate surface area is 95.8 Å². The van der Waals surface area contributed by atoms with Gasteiger partial charge in [0.2, 0.25) is 0 Å². The Morgan fingerprint density at radius 2 is 1.81 bits per heavy atom. The first-order valence-electron chi connectivity index (χ1n) is 5.24. The summed E-state index contributed by atoms with van der Waals surface area (Å²) < 4.78 is 0. The summed E-state index contributed by atoms with van der Waals surface area (Å²) in [4.78, 5) is 10.7. The van der Waals surface area contributed by atoms with E-state index in [1.807, 2.05) is 39.8 Å². The highest BCUT2D eigenvalue weighted by Crippen LogP contribution is 2.31. The van der Waals surface area contributed by atoms with Crippen LogP contribution in [0.15, 0.2) is 12.1 Å². The number of nitro benzene ring substituents is 1. The van der Waals surface area contributed by atoms with Crippen molar-refractivity contribution in [3.63, 3.8) is 0 Å². The standard InChI is InChI=1S/C12H18N2O2/c1-8-6-9(2)11(14(15)16)10(7-8)13-12(3,4)5/h6-7,13H,1-5H3. The third-order valence-corrected chi connectivity index (χ3v) is 2.14. The summed E-state index contributed by atoms with van der Waals surface area (Å²) >= 11 is 0. The number of hydrogen-bond acceptors (Lipinski definition) is 3. The molecule has 0 amide bonds. The van der Waals surface area contributed by atoms with Crippen LogP contribution in [-0.2, 0) is 0 Å². The largest absolute Gasteiger partial charge is 0.375 e. The molecule has 0 aromatic heterocycles. The number of benzene rings is 1. The van der Waals surface area contributed by atoms with Crippen molar-refractivity contribution in [1.82, 2.24) is 0 Å². The normalized spacial score (nSPS) is 11.3. The molecule has 0 radical (unpaired) electrons. The van der Waals surface area contributed by atoms with E-state index in [9.17, 15) is 10.1 Å². The van der Waals surface area contributed by atoms with Gasteiger partial charge in [-0.2, -0.15) is 0 Å². The fraction of sp³-hybridized carbons (Fsp3) is 0.500. The van der Waals surface area contributed by atoms with Gasteiger partial charge in [-0.3, -0.25) is 10.1 Å². The Hall–Kier alpha value is -1.58. The monoisotopic (exact) mass is 222 g/mol. The summed E-state index contributed by atoms with van der Waals surface area (Å²) in [6.45, 7) is 9.64. The number of anilines is 1. The first kappa shape index (κ1) is 12.5. The highest BCUT2D eigenvalue weighted by Gasteiger charge is 2.21. The summed E-state index contributed by atoms with van der Waals surface area (Å²) in [6.07, 6.45) is 0. The zero-order valence-corrected chi connectivity index (χ0v) is 10.4. The average molecular weight is 222 g/mol. The van der Waals surface area contributed by atoms with Crippen molar-refractivity contribution in [2.75, 3.05) is 5.32 Å². The maximum atomic E-state index is 11.0. The van der Waals surface area contributed by atoms with Gasteiger partial charge in [0.05, 0.1) is 4.92 Å². The van der Waals surface area contributed by atoms with Gasteiger partial charge in [0.25, 0.3) is 5.69 Å². The van der Waals surface area contributed by atoms with Crippen LogP contribution >= 0.6 is 0 Å². The lowest BCUT2D eigenvalue weighted by Crippen LogP contribution is -2.26. The molecule has 0 aliphatic heterocycles. The Morgan fingerprint density at radius 3 is 2.25 bits per heavy atom. The van der Waals surface area contributed by atoms with Crippen molar-refractivity contribution < 1.29 is 4.92 Å². The zero-order valence-electron chi connectivity index (χ0n) is 10.4. The van der Waals surface area contributed by atoms with E-state index in [-0.39, 0.29) is 16.1 Å². The molecule has 0 atom stereocenters. The molecule has 88 valence electrons. The minimum Gasteiger partial charge on any atom is -0.375 e. The van der Waals surface area contributed by atoms with Crippen molar-refractivity contribution in [2.45, 2.75) is 40.2 Å². The van der Waals surface area contributed by atoms with Gasteiger partial charge in [0.15, 0.2) is 0 Å². The third-order valence-electron chi connectivity index (χ3n) is 2.14. The van der Waals surface area contributed by atoms with Gasteiger partial charge in [-0.25, -0.2) is 0 Å². The second-order valence-corrected chi connectivity index (χ2v) is 5.11. The van der Waals surface area contributed by atoms with Crippen LogP contribution in [0.5, 0.6) is 0 Å². The predicted molar refractivity (Wildman–Crippen MR) is 65.9 cm³/mol. The van der Waals surface area contributed by atoms with E-state index in [2.05, 4.69) is 5.32 Å². The molecule has 0 saturated heterocycles. The molecule has 4 heteroatoms. The summed E-state index contributed by atoms with van der Waals surface area (Å²) in [6, 6.07) is 3.64. The number of nitrogens with zero attached hydrogens (tertiary/aromatic N) is 1. The van der Waals surface area contributed by atoms with Gasteiger partial charge in [-0.05, 0) is 52.3 Å². The van der Waals surface area contributed by atoms with Crippen LogP contribution in [0.3, 0.4) is 0 Å². The molecule has 0 heterocycles. The van der Waals surface area contributed by atoms with Crippen LogP contribution in [0, 0.1) is 24.0 Å². The van der Waals surface area contributed by atoms with Gasteiger partial charge in [0, 0.05) is 11.1 Å². The number of nitrogens with one attached hydrogen (secondary N) is 1. The molecule has 0 unspecified atom stereocenters. The summed E-state index contributed by atoms with van der Waals surface area (Å²) in [5.41, 5.74) is 2.28. The minimum atomic E-state index is -0.331. The van der Waals surface area contributed by atoms with Crippen LogP contribution in [-0.4, -0.2) is 10.5 Å². The van der Waals surface area contributed by atoms with Crippen molar-refractivity contribution in [1.29, 1.82) is 0 Å². The maximum Gasteiger partial charge on any atom is 0.295 e. The van der Waals surface area contributed by atoms with Crippen LogP contribution in [0.1, 0.15) is 31.9 Å². The third kappa shape index (κ3) is 2.95. The second-order valence-electron chi connectivity index (χ2n) is 5.11. The van der Waals surface area contributed by atoms with E-state index in [1.54, 1.807) is 6.92 Å². The number of aryl methyl sites for hydroxylation is 2. The van der Waals surface area contributed by atoms with E-state index in [0.29, 0.717) is 11.3 Å². The van der Waals surface area contributed by atoms with Crippen LogP contribution in [0.25, 0.3) is 0 Å². The summed E-state index contributed by atoms with van der Waals surface area (Å²) in [7, 11) is 0. The van der Waals surface area contributed by atoms with Crippen molar-refractivity contribution in [3.05, 3.63) is 33.4 Å². The van der Waals surface area contributed by atoms with Crippen molar-refractivity contribution >= 4 is 11.4 Å². The van der Waals surface area contributed by atoms with Crippen molar-refractivity contribution in [2.24, 2.45) is 0 Å². The molecule has 1 N–H and O–H groups in total. The van der Waals surface area contributed by atoms with E-state index >= 15 is 0 Å². The van der Waals surface area contributed by atoms with Crippen molar-refractivity contribution in [3.8, 4) is 0 Å². The second kappa shape index (κ2) is 4.12. The number of nitro groups is 1. The molecule has 1 aromatic carbocycles. The number of rotatable bonds is 2. The quantitative estimate of drug-likeness (QED) is 0.616. The molecular formula is C12H18N2O2. The molecule has 16 heavy (non-hydrogen) atoms. The molecule has 0 bridgehead atoms. The molecule has 4 nitrogen and oxygen atoms in total. The molecule has 1 aromatic rings. The lowest BCUT2D eigenvalue weighted by molar-refractivity contribution is -0.384. The molecule has 0 saturated carbocycles. The SMILES string of the molecule is Cc1cc(C)c([N+](=O)[O-])c(NC(C)(C)C)c1. The lowest BCUT2D eigenvalue weighted by atomic mass is 10.0. The summed E-state index contributed by atoms with van der Waals surface area (Å²) in [5, 5.41) is 14.2. The smallest absolute Gasteiger partial charge is 0.295 e. The molecule has 0 spiro atoms. The Morgan fingerprint density at radius 1 is 1.25 bits per heavy atom. The fourth-order valence-corrected chi connectivity index (χ4v) is 1.70. The Balaban J connectivity index is 3.30. The van der Waals surface area contributed by atoms with Gasteiger partial charge >= 0.3 is 0 Å². The Kier molecular flexibility index (Phi) is 3.21. The molecule has 0 fully saturated rings. The Bertz CT molecular complexity index is 420. The first-order chi connectivity index (χ1) is 7.20. The van der Waals surface area contributed by atoms with Crippen LogP contribution in [0.4, 0.5) is 11.4 Å². The van der Waals surface area contributed by atoms with Crippen LogP contribution in [0.2, 0.25) is 0 Å². The van der Waals surface area contributed by atoms with Gasteiger partial charge in [-0.15, -0.1) is 0 Å². The van der Waals surface area contributed by atoms with E-state index < -0.39 is 0 Å². The van der Waals surface area contributed by atoms with E-state index in [1.165, 1.54) is 0 Å². The fourth-order valence-electron chi connectivity index (χ4n) is 1.70. The molecular weight excluding hydrogens is 204 g/mol. The predicted octanol–water partition coefficient (Wildman–Crippen LogP) is 3.42. The molecule has 0 aliphatic rings. The zero-order chi connectivity index (χ0) is 12.5. The topological polar surface area (TPSA) is 55.2 Å². The summed E-state index contributed by atoms with van der Waals surface area (Å²) in [5.74, 6) is 0. The van der Waals surface area contributed by atoms with Gasteiger partial charge in [-0.1, -0.05) is 0 Å². The lowest BCUT2D eigenvalue weighted by Gasteiger charge is -2.22.